The Kier molecular flexibility index (Phi) is 3.29. The molecule has 2 saturated heterocycles. The summed E-state index contributed by atoms with van der Waals surface area (Å²) in [5.74, 6) is 3.79. The summed E-state index contributed by atoms with van der Waals surface area (Å²) in [4.78, 5) is 4.89. The highest BCUT2D eigenvalue weighted by atomic mass is 15.3. The number of fused-ring (bicyclic) bond motifs is 2. The molecule has 1 N–H and O–H groups in total. The Bertz CT molecular complexity index is 463. The van der Waals surface area contributed by atoms with Crippen molar-refractivity contribution < 1.29 is 0 Å². The molecule has 4 nitrogen and oxygen atoms in total. The highest BCUT2D eigenvalue weighted by Crippen LogP contribution is 2.34. The van der Waals surface area contributed by atoms with Crippen molar-refractivity contribution in [2.24, 2.45) is 13.0 Å². The molecule has 1 aliphatic carbocycles. The number of aryl methyl sites for hydroxylation is 1. The summed E-state index contributed by atoms with van der Waals surface area (Å²) in [5, 5.41) is 8.43. The van der Waals surface area contributed by atoms with E-state index in [0.29, 0.717) is 5.92 Å². The van der Waals surface area contributed by atoms with E-state index in [9.17, 15) is 0 Å². The minimum absolute atomic E-state index is 0.638. The van der Waals surface area contributed by atoms with Crippen LogP contribution < -0.4 is 5.32 Å². The van der Waals surface area contributed by atoms with Gasteiger partial charge in [0.2, 0.25) is 0 Å². The first kappa shape index (κ1) is 12.8. The quantitative estimate of drug-likeness (QED) is 0.921. The van der Waals surface area contributed by atoms with Crippen LogP contribution in [0.1, 0.15) is 68.9 Å². The minimum Gasteiger partial charge on any atom is -0.311 e. The van der Waals surface area contributed by atoms with E-state index in [2.05, 4.69) is 17.0 Å². The molecule has 3 fully saturated rings. The van der Waals surface area contributed by atoms with Crippen molar-refractivity contribution >= 4 is 0 Å². The van der Waals surface area contributed by atoms with Crippen LogP contribution in [0.5, 0.6) is 0 Å². The van der Waals surface area contributed by atoms with Gasteiger partial charge in [0, 0.05) is 31.5 Å². The lowest BCUT2D eigenvalue weighted by molar-refractivity contribution is 0.293. The maximum absolute atomic E-state index is 4.89. The fourth-order valence-electron chi connectivity index (χ4n) is 4.57. The molecular formula is C16H26N4. The van der Waals surface area contributed by atoms with Crippen LogP contribution in [0.3, 0.4) is 0 Å². The monoisotopic (exact) mass is 274 g/mol. The highest BCUT2D eigenvalue weighted by Gasteiger charge is 2.34. The standard InChI is InChI=1S/C16H26N4/c1-20-15(18-16(19-20)12-4-2-3-5-12)10-11-8-13-6-7-14(9-11)17-13/h11-14,17H,2-10H2,1H3. The molecule has 110 valence electrons. The Morgan fingerprint density at radius 2 is 1.80 bits per heavy atom. The van der Waals surface area contributed by atoms with Gasteiger partial charge in [-0.15, -0.1) is 0 Å². The first-order valence-corrected chi connectivity index (χ1v) is 8.44. The second-order valence-corrected chi connectivity index (χ2v) is 7.17. The van der Waals surface area contributed by atoms with Crippen LogP contribution in [-0.4, -0.2) is 26.8 Å². The molecule has 2 bridgehead atoms. The largest absolute Gasteiger partial charge is 0.311 e. The summed E-state index contributed by atoms with van der Waals surface area (Å²) >= 11 is 0. The van der Waals surface area contributed by atoms with Crippen LogP contribution in [0.4, 0.5) is 0 Å². The van der Waals surface area contributed by atoms with Crippen molar-refractivity contribution in [3.63, 3.8) is 0 Å². The fraction of sp³-hybridized carbons (Fsp3) is 0.875. The SMILES string of the molecule is Cn1nc(C2CCCC2)nc1CC1CC2CCC(C1)N2. The maximum atomic E-state index is 4.89. The average Bonchev–Trinajstić information content (AvgIpc) is 3.13. The van der Waals surface area contributed by atoms with Crippen LogP contribution >= 0.6 is 0 Å². The summed E-state index contributed by atoms with van der Waals surface area (Å²) in [6, 6.07) is 1.56. The fourth-order valence-corrected chi connectivity index (χ4v) is 4.57. The topological polar surface area (TPSA) is 42.7 Å². The van der Waals surface area contributed by atoms with Gasteiger partial charge in [-0.3, -0.25) is 4.68 Å². The van der Waals surface area contributed by atoms with E-state index < -0.39 is 0 Å². The third kappa shape index (κ3) is 2.39. The number of nitrogens with zero attached hydrogens (tertiary/aromatic N) is 3. The number of hydrogen-bond donors (Lipinski definition) is 1. The van der Waals surface area contributed by atoms with E-state index in [4.69, 9.17) is 10.1 Å². The van der Waals surface area contributed by atoms with Gasteiger partial charge in [0.05, 0.1) is 0 Å². The summed E-state index contributed by atoms with van der Waals surface area (Å²) in [7, 11) is 2.08. The predicted molar refractivity (Wildman–Crippen MR) is 78.6 cm³/mol. The first-order valence-electron chi connectivity index (χ1n) is 8.44. The van der Waals surface area contributed by atoms with Gasteiger partial charge in [-0.05, 0) is 44.4 Å². The molecule has 0 amide bonds. The van der Waals surface area contributed by atoms with Crippen LogP contribution in [-0.2, 0) is 13.5 Å². The lowest BCUT2D eigenvalue weighted by atomic mass is 9.89. The van der Waals surface area contributed by atoms with Crippen LogP contribution in [0.25, 0.3) is 0 Å². The average molecular weight is 274 g/mol. The third-order valence-corrected chi connectivity index (χ3v) is 5.63. The van der Waals surface area contributed by atoms with Crippen LogP contribution in [0.15, 0.2) is 0 Å². The molecule has 2 unspecified atom stereocenters. The number of hydrogen-bond acceptors (Lipinski definition) is 3. The van der Waals surface area contributed by atoms with E-state index in [1.807, 2.05) is 0 Å². The Labute approximate surface area is 121 Å². The van der Waals surface area contributed by atoms with Gasteiger partial charge >= 0.3 is 0 Å². The number of piperidine rings is 1. The van der Waals surface area contributed by atoms with Gasteiger partial charge in [-0.2, -0.15) is 5.10 Å². The molecule has 3 heterocycles. The normalized spacial score (nSPS) is 34.0. The van der Waals surface area contributed by atoms with Crippen molar-refractivity contribution in [1.29, 1.82) is 0 Å². The Morgan fingerprint density at radius 3 is 2.50 bits per heavy atom. The molecule has 2 aliphatic heterocycles. The van der Waals surface area contributed by atoms with Crippen molar-refractivity contribution in [3.8, 4) is 0 Å². The molecule has 4 rings (SSSR count). The molecule has 0 spiro atoms. The Morgan fingerprint density at radius 1 is 1.10 bits per heavy atom. The van der Waals surface area contributed by atoms with Crippen LogP contribution in [0.2, 0.25) is 0 Å². The minimum atomic E-state index is 0.638. The maximum Gasteiger partial charge on any atom is 0.154 e. The third-order valence-electron chi connectivity index (χ3n) is 5.63. The molecule has 3 aliphatic rings. The molecular weight excluding hydrogens is 248 g/mol. The Hall–Kier alpha value is -0.900. The smallest absolute Gasteiger partial charge is 0.154 e. The molecule has 1 aromatic rings. The number of aromatic nitrogens is 3. The molecule has 20 heavy (non-hydrogen) atoms. The number of nitrogens with one attached hydrogen (secondary N) is 1. The van der Waals surface area contributed by atoms with E-state index in [1.54, 1.807) is 0 Å². The summed E-state index contributed by atoms with van der Waals surface area (Å²) in [5.41, 5.74) is 0. The van der Waals surface area contributed by atoms with Gasteiger partial charge in [-0.25, -0.2) is 4.98 Å². The molecule has 1 saturated carbocycles. The van der Waals surface area contributed by atoms with E-state index in [1.165, 1.54) is 57.2 Å². The van der Waals surface area contributed by atoms with E-state index in [-0.39, 0.29) is 0 Å². The van der Waals surface area contributed by atoms with Crippen molar-refractivity contribution in [1.82, 2.24) is 20.1 Å². The zero-order chi connectivity index (χ0) is 13.5. The van der Waals surface area contributed by atoms with Crippen molar-refractivity contribution in [2.45, 2.75) is 75.8 Å². The van der Waals surface area contributed by atoms with E-state index >= 15 is 0 Å². The summed E-state index contributed by atoms with van der Waals surface area (Å²) in [6.45, 7) is 0. The van der Waals surface area contributed by atoms with Gasteiger partial charge in [0.15, 0.2) is 5.82 Å². The first-order chi connectivity index (χ1) is 9.78. The molecule has 2 atom stereocenters. The summed E-state index contributed by atoms with van der Waals surface area (Å²) in [6.07, 6.45) is 11.9. The second kappa shape index (κ2) is 5.14. The van der Waals surface area contributed by atoms with Gasteiger partial charge in [-0.1, -0.05) is 12.8 Å². The number of rotatable bonds is 3. The summed E-state index contributed by atoms with van der Waals surface area (Å²) < 4.78 is 2.05. The zero-order valence-electron chi connectivity index (χ0n) is 12.5. The van der Waals surface area contributed by atoms with Gasteiger partial charge in [0.1, 0.15) is 5.82 Å². The van der Waals surface area contributed by atoms with Crippen molar-refractivity contribution in [3.05, 3.63) is 11.6 Å². The Balaban J connectivity index is 1.45. The zero-order valence-corrected chi connectivity index (χ0v) is 12.5. The lowest BCUT2D eigenvalue weighted by Crippen LogP contribution is -2.38. The molecule has 4 heteroatoms. The predicted octanol–water partition coefficient (Wildman–Crippen LogP) is 2.55. The molecule has 0 radical (unpaired) electrons. The molecule has 0 aromatic carbocycles. The highest BCUT2D eigenvalue weighted by molar-refractivity contribution is 5.03. The van der Waals surface area contributed by atoms with Crippen molar-refractivity contribution in [2.75, 3.05) is 0 Å². The van der Waals surface area contributed by atoms with E-state index in [0.717, 1.165) is 30.2 Å². The molecule has 1 aromatic heterocycles. The van der Waals surface area contributed by atoms with Gasteiger partial charge in [0.25, 0.3) is 0 Å². The lowest BCUT2D eigenvalue weighted by Gasteiger charge is -2.28. The van der Waals surface area contributed by atoms with Gasteiger partial charge < -0.3 is 5.32 Å². The van der Waals surface area contributed by atoms with Crippen LogP contribution in [0, 0.1) is 5.92 Å². The second-order valence-electron chi connectivity index (χ2n) is 7.17.